The zero-order valence-electron chi connectivity index (χ0n) is 24.1. The molecule has 40 heavy (non-hydrogen) atoms. The zero-order chi connectivity index (χ0) is 29.5. The fourth-order valence-electron chi connectivity index (χ4n) is 5.82. The maximum Gasteiger partial charge on any atom is 0.410 e. The summed E-state index contributed by atoms with van der Waals surface area (Å²) >= 11 is 6.20. The number of nitrogens with one attached hydrogen (secondary N) is 1. The maximum absolute atomic E-state index is 13.2. The van der Waals surface area contributed by atoms with Crippen LogP contribution in [0.15, 0.2) is 30.6 Å². The summed E-state index contributed by atoms with van der Waals surface area (Å²) < 4.78 is 11.8. The van der Waals surface area contributed by atoms with Crippen LogP contribution in [-0.2, 0) is 4.74 Å². The van der Waals surface area contributed by atoms with Crippen molar-refractivity contribution in [2.45, 2.75) is 66.2 Å². The van der Waals surface area contributed by atoms with Crippen molar-refractivity contribution in [3.63, 3.8) is 0 Å². The van der Waals surface area contributed by atoms with Crippen LogP contribution in [0.1, 0.15) is 58.8 Å². The van der Waals surface area contributed by atoms with Gasteiger partial charge < -0.3 is 24.6 Å². The number of hydrogen-bond acceptors (Lipinski definition) is 7. The lowest BCUT2D eigenvalue weighted by molar-refractivity contribution is -0.164. The fourth-order valence-corrected chi connectivity index (χ4v) is 6.03. The van der Waals surface area contributed by atoms with Gasteiger partial charge in [-0.15, -0.1) is 0 Å². The molecule has 0 bridgehead atoms. The Kier molecular flexibility index (Phi) is 7.92. The summed E-state index contributed by atoms with van der Waals surface area (Å²) in [5, 5.41) is 3.51. The lowest BCUT2D eigenvalue weighted by Crippen LogP contribution is -2.74. The van der Waals surface area contributed by atoms with Gasteiger partial charge in [-0.1, -0.05) is 45.4 Å². The van der Waals surface area contributed by atoms with Gasteiger partial charge in [-0.05, 0) is 32.9 Å². The summed E-state index contributed by atoms with van der Waals surface area (Å²) in [6, 6.07) is 4.88. The minimum Gasteiger partial charge on any atom is -0.489 e. The Morgan fingerprint density at radius 1 is 1.07 bits per heavy atom. The quantitative estimate of drug-likeness (QED) is 0.485. The molecule has 0 spiro atoms. The first-order valence-electron chi connectivity index (χ1n) is 13.3. The van der Waals surface area contributed by atoms with Crippen LogP contribution in [0.3, 0.4) is 0 Å². The fraction of sp³-hybridized carbons (Fsp3) is 0.552. The number of aromatic nitrogens is 2. The van der Waals surface area contributed by atoms with Crippen molar-refractivity contribution in [3.05, 3.63) is 52.6 Å². The molecule has 10 nitrogen and oxygen atoms in total. The topological polar surface area (TPSA) is 101 Å². The predicted octanol–water partition coefficient (Wildman–Crippen LogP) is 5.35. The van der Waals surface area contributed by atoms with Gasteiger partial charge in [0.1, 0.15) is 17.5 Å². The van der Waals surface area contributed by atoms with Crippen LogP contribution in [0.5, 0.6) is 5.75 Å². The Morgan fingerprint density at radius 3 is 2.20 bits per heavy atom. The highest BCUT2D eigenvalue weighted by atomic mass is 35.5. The van der Waals surface area contributed by atoms with E-state index in [-0.39, 0.29) is 35.0 Å². The van der Waals surface area contributed by atoms with Crippen molar-refractivity contribution < 1.29 is 19.1 Å². The second-order valence-electron chi connectivity index (χ2n) is 12.5. The summed E-state index contributed by atoms with van der Waals surface area (Å²) in [4.78, 5) is 41.4. The van der Waals surface area contributed by atoms with Crippen molar-refractivity contribution in [1.82, 2.24) is 20.2 Å². The average molecular weight is 569 g/mol. The van der Waals surface area contributed by atoms with Crippen LogP contribution in [0, 0.1) is 17.4 Å². The van der Waals surface area contributed by atoms with Gasteiger partial charge in [-0.2, -0.15) is 0 Å². The van der Waals surface area contributed by atoms with Gasteiger partial charge in [0, 0.05) is 55.4 Å². The Morgan fingerprint density at radius 2 is 1.68 bits per heavy atom. The zero-order valence-corrected chi connectivity index (χ0v) is 24.9. The molecule has 4 rings (SSSR count). The highest BCUT2D eigenvalue weighted by Gasteiger charge is 2.64. The number of halogens is 1. The number of piperazine rings is 1. The molecule has 0 atom stereocenters. The summed E-state index contributed by atoms with van der Waals surface area (Å²) in [6.45, 7) is 23.1. The molecule has 0 radical (unpaired) electrons. The van der Waals surface area contributed by atoms with E-state index < -0.39 is 5.60 Å². The first kappa shape index (κ1) is 29.4. The molecule has 2 heterocycles. The van der Waals surface area contributed by atoms with E-state index in [1.54, 1.807) is 23.1 Å². The molecule has 1 aromatic carbocycles. The Hall–Kier alpha value is -3.58. The number of nitrogens with zero attached hydrogens (tertiary/aromatic N) is 5. The van der Waals surface area contributed by atoms with E-state index in [9.17, 15) is 9.59 Å². The smallest absolute Gasteiger partial charge is 0.410 e. The summed E-state index contributed by atoms with van der Waals surface area (Å²) in [5.41, 5.74) is -0.542. The van der Waals surface area contributed by atoms with E-state index in [2.05, 4.69) is 47.8 Å². The molecule has 0 unspecified atom stereocenters. The van der Waals surface area contributed by atoms with Crippen LogP contribution in [0.4, 0.5) is 16.4 Å². The molecular weight excluding hydrogens is 532 g/mol. The van der Waals surface area contributed by atoms with Crippen molar-refractivity contribution in [3.8, 4) is 5.75 Å². The minimum absolute atomic E-state index is 0.170. The number of amides is 2. The molecular formula is C29H37ClN6O4. The van der Waals surface area contributed by atoms with Crippen LogP contribution < -0.4 is 15.0 Å². The third-order valence-corrected chi connectivity index (χ3v) is 7.83. The van der Waals surface area contributed by atoms with Crippen LogP contribution in [0.25, 0.3) is 4.85 Å². The van der Waals surface area contributed by atoms with E-state index in [1.165, 1.54) is 12.4 Å². The third-order valence-electron chi connectivity index (χ3n) is 7.52. The monoisotopic (exact) mass is 568 g/mol. The summed E-state index contributed by atoms with van der Waals surface area (Å²) in [7, 11) is 0. The van der Waals surface area contributed by atoms with Gasteiger partial charge in [-0.25, -0.2) is 19.6 Å². The molecule has 1 aliphatic heterocycles. The molecule has 214 valence electrons. The van der Waals surface area contributed by atoms with E-state index in [4.69, 9.17) is 27.6 Å². The van der Waals surface area contributed by atoms with Crippen LogP contribution in [-0.4, -0.2) is 70.8 Å². The van der Waals surface area contributed by atoms with Gasteiger partial charge >= 0.3 is 6.09 Å². The number of carbonyl (C=O) groups is 2. The second kappa shape index (κ2) is 10.8. The number of rotatable bonds is 5. The summed E-state index contributed by atoms with van der Waals surface area (Å²) in [5.74, 6) is 0.848. The molecule has 2 aliphatic rings. The largest absolute Gasteiger partial charge is 0.489 e. The molecule has 1 saturated carbocycles. The number of anilines is 1. The van der Waals surface area contributed by atoms with Crippen molar-refractivity contribution in [1.29, 1.82) is 0 Å². The van der Waals surface area contributed by atoms with Crippen molar-refractivity contribution >= 4 is 35.2 Å². The molecule has 1 aromatic heterocycles. The van der Waals surface area contributed by atoms with Gasteiger partial charge in [0.25, 0.3) is 5.91 Å². The first-order chi connectivity index (χ1) is 18.6. The SMILES string of the molecule is [C-]#[N+]c1ccc(OC2C(C)(C)C(NC(=O)c3cnc(N4CCN(C(=O)OC(C)(C)C)CC4)nc3)C2(C)C)cc1Cl. The average Bonchev–Trinajstić information content (AvgIpc) is 2.89. The highest BCUT2D eigenvalue weighted by molar-refractivity contribution is 6.33. The lowest BCUT2D eigenvalue weighted by Gasteiger charge is -2.63. The summed E-state index contributed by atoms with van der Waals surface area (Å²) in [6.07, 6.45) is 2.55. The molecule has 2 amide bonds. The van der Waals surface area contributed by atoms with E-state index in [0.717, 1.165) is 0 Å². The van der Waals surface area contributed by atoms with E-state index in [0.29, 0.717) is 54.2 Å². The molecule has 1 aliphatic carbocycles. The predicted molar refractivity (Wildman–Crippen MR) is 153 cm³/mol. The Balaban J connectivity index is 1.35. The van der Waals surface area contributed by atoms with E-state index in [1.807, 2.05) is 25.7 Å². The highest BCUT2D eigenvalue weighted by Crippen LogP contribution is 2.55. The molecule has 1 N–H and O–H groups in total. The number of hydrogen-bond donors (Lipinski definition) is 1. The Bertz CT molecular complexity index is 1290. The molecule has 2 fully saturated rings. The van der Waals surface area contributed by atoms with Gasteiger partial charge in [-0.3, -0.25) is 4.79 Å². The molecule has 1 saturated heterocycles. The van der Waals surface area contributed by atoms with Crippen LogP contribution >= 0.6 is 11.6 Å². The first-order valence-corrected chi connectivity index (χ1v) is 13.7. The number of carbonyl (C=O) groups excluding carboxylic acids is 2. The third kappa shape index (κ3) is 5.94. The van der Waals surface area contributed by atoms with Crippen LogP contribution in [0.2, 0.25) is 5.02 Å². The number of ether oxygens (including phenoxy) is 2. The van der Waals surface area contributed by atoms with Crippen molar-refractivity contribution in [2.75, 3.05) is 31.1 Å². The minimum atomic E-state index is -0.536. The second-order valence-corrected chi connectivity index (χ2v) is 12.9. The molecule has 11 heteroatoms. The van der Waals surface area contributed by atoms with Gasteiger partial charge in [0.15, 0.2) is 0 Å². The Labute approximate surface area is 240 Å². The van der Waals surface area contributed by atoms with E-state index >= 15 is 0 Å². The lowest BCUT2D eigenvalue weighted by atomic mass is 9.49. The maximum atomic E-state index is 13.2. The van der Waals surface area contributed by atoms with Crippen molar-refractivity contribution in [2.24, 2.45) is 10.8 Å². The number of benzene rings is 1. The normalized spacial score (nSPS) is 21.6. The van der Waals surface area contributed by atoms with Gasteiger partial charge in [0.2, 0.25) is 11.6 Å². The molecule has 2 aromatic rings. The standard InChI is InChI=1S/C29H37ClN6O4/c1-27(2,3)40-26(38)36-13-11-35(12-14-36)25-32-16-18(17-33-25)22(37)34-23-28(4,5)24(29(23,6)7)39-19-9-10-21(31-8)20(30)15-19/h9-10,15-17,23-24H,11-14H2,1-7H3,(H,34,37). The van der Waals surface area contributed by atoms with Gasteiger partial charge in [0.05, 0.1) is 17.2 Å².